The molecule has 0 radical (unpaired) electrons. The summed E-state index contributed by atoms with van der Waals surface area (Å²) in [5.41, 5.74) is 1.96. The van der Waals surface area contributed by atoms with Crippen molar-refractivity contribution in [3.63, 3.8) is 0 Å². The third-order valence-electron chi connectivity index (χ3n) is 3.36. The molecule has 1 saturated heterocycles. The van der Waals surface area contributed by atoms with Gasteiger partial charge in [0.25, 0.3) is 0 Å². The van der Waals surface area contributed by atoms with Crippen LogP contribution in [-0.2, 0) is 14.8 Å². The van der Waals surface area contributed by atoms with E-state index in [9.17, 15) is 18.3 Å². The van der Waals surface area contributed by atoms with Gasteiger partial charge in [-0.05, 0) is 37.1 Å². The number of carbonyl (C=O) groups excluding carboxylic acids is 1. The van der Waals surface area contributed by atoms with Gasteiger partial charge in [-0.1, -0.05) is 0 Å². The Labute approximate surface area is 111 Å². The molecule has 0 bridgehead atoms. The number of hydrogen-bond acceptors (Lipinski definition) is 4. The lowest BCUT2D eigenvalue weighted by molar-refractivity contribution is -0.117. The van der Waals surface area contributed by atoms with Gasteiger partial charge in [0.05, 0.1) is 0 Å². The second kappa shape index (κ2) is 4.50. The van der Waals surface area contributed by atoms with Gasteiger partial charge in [0, 0.05) is 18.7 Å². The van der Waals surface area contributed by atoms with Gasteiger partial charge in [-0.15, -0.1) is 0 Å². The van der Waals surface area contributed by atoms with Gasteiger partial charge in [-0.25, -0.2) is 13.6 Å². The van der Waals surface area contributed by atoms with Crippen LogP contribution in [0.4, 0.5) is 5.69 Å². The molecule has 1 aliphatic rings. The quantitative estimate of drug-likeness (QED) is 0.821. The number of amides is 1. The predicted molar refractivity (Wildman–Crippen MR) is 71.4 cm³/mol. The average molecular weight is 284 g/mol. The van der Waals surface area contributed by atoms with E-state index >= 15 is 0 Å². The Balaban J connectivity index is 2.39. The Morgan fingerprint density at radius 3 is 2.47 bits per heavy atom. The Kier molecular flexibility index (Phi) is 3.27. The third-order valence-corrected chi connectivity index (χ3v) is 4.60. The smallest absolute Gasteiger partial charge is 0.228 e. The number of phenolic OH excluding ortho intramolecular Hbond substituents is 1. The van der Waals surface area contributed by atoms with Crippen LogP contribution in [0.1, 0.15) is 17.5 Å². The normalized spacial score (nSPS) is 20.1. The number of nitrogens with two attached hydrogens (primary N) is 1. The maximum Gasteiger partial charge on any atom is 0.228 e. The monoisotopic (exact) mass is 284 g/mol. The molecule has 1 atom stereocenters. The molecule has 1 fully saturated rings. The van der Waals surface area contributed by atoms with Gasteiger partial charge < -0.3 is 10.0 Å². The topological polar surface area (TPSA) is 101 Å². The minimum atomic E-state index is -3.72. The zero-order valence-electron chi connectivity index (χ0n) is 10.8. The number of primary sulfonamides is 1. The molecule has 0 aromatic heterocycles. The van der Waals surface area contributed by atoms with E-state index < -0.39 is 15.3 Å². The average Bonchev–Trinajstić information content (AvgIpc) is 2.65. The van der Waals surface area contributed by atoms with Crippen LogP contribution in [0.3, 0.4) is 0 Å². The summed E-state index contributed by atoms with van der Waals surface area (Å²) in [6.45, 7) is 3.53. The molecular weight excluding hydrogens is 268 g/mol. The van der Waals surface area contributed by atoms with Crippen molar-refractivity contribution in [1.29, 1.82) is 0 Å². The lowest BCUT2D eigenvalue weighted by atomic mass is 10.1. The second-order valence-corrected chi connectivity index (χ2v) is 6.69. The van der Waals surface area contributed by atoms with E-state index in [4.69, 9.17) is 5.14 Å². The highest BCUT2D eigenvalue weighted by Gasteiger charge is 2.37. The lowest BCUT2D eigenvalue weighted by Crippen LogP contribution is -2.32. The number of sulfonamides is 1. The zero-order chi connectivity index (χ0) is 14.4. The van der Waals surface area contributed by atoms with Crippen molar-refractivity contribution < 1.29 is 18.3 Å². The summed E-state index contributed by atoms with van der Waals surface area (Å²) < 4.78 is 22.6. The number of aromatic hydroxyl groups is 1. The summed E-state index contributed by atoms with van der Waals surface area (Å²) in [7, 11) is -3.72. The number of rotatable bonds is 2. The first-order valence-electron chi connectivity index (χ1n) is 5.82. The molecule has 6 nitrogen and oxygen atoms in total. The first-order valence-corrected chi connectivity index (χ1v) is 7.43. The van der Waals surface area contributed by atoms with E-state index in [1.54, 1.807) is 26.0 Å². The van der Waals surface area contributed by atoms with Crippen LogP contribution in [0.2, 0.25) is 0 Å². The van der Waals surface area contributed by atoms with Crippen LogP contribution in [0.25, 0.3) is 0 Å². The fraction of sp³-hybridized carbons (Fsp3) is 0.417. The van der Waals surface area contributed by atoms with Crippen molar-refractivity contribution in [3.8, 4) is 5.75 Å². The minimum Gasteiger partial charge on any atom is -0.508 e. The maximum absolute atomic E-state index is 11.9. The van der Waals surface area contributed by atoms with E-state index in [1.165, 1.54) is 4.90 Å². The van der Waals surface area contributed by atoms with Crippen molar-refractivity contribution in [1.82, 2.24) is 0 Å². The Morgan fingerprint density at radius 1 is 1.32 bits per heavy atom. The Morgan fingerprint density at radius 2 is 1.95 bits per heavy atom. The van der Waals surface area contributed by atoms with E-state index in [1.807, 2.05) is 0 Å². The van der Waals surface area contributed by atoms with Crippen molar-refractivity contribution in [2.24, 2.45) is 5.14 Å². The van der Waals surface area contributed by atoms with E-state index in [0.29, 0.717) is 16.8 Å². The minimum absolute atomic E-state index is 0.0583. The molecule has 1 aromatic carbocycles. The zero-order valence-corrected chi connectivity index (χ0v) is 11.6. The third kappa shape index (κ3) is 2.57. The lowest BCUT2D eigenvalue weighted by Gasteiger charge is -2.20. The molecular formula is C12H16N2O4S. The van der Waals surface area contributed by atoms with Crippen LogP contribution in [0.15, 0.2) is 12.1 Å². The van der Waals surface area contributed by atoms with Gasteiger partial charge in [0.1, 0.15) is 11.0 Å². The molecule has 104 valence electrons. The van der Waals surface area contributed by atoms with Gasteiger partial charge in [0.2, 0.25) is 15.9 Å². The standard InChI is InChI=1S/C12H16N2O4S/c1-7-4-11(15)8(2)3-10(7)14-6-9(5-12(14)16)19(13,17)18/h3-4,9,15H,5-6H2,1-2H3,(H2,13,17,18). The summed E-state index contributed by atoms with van der Waals surface area (Å²) in [5, 5.41) is 13.8. The molecule has 0 aliphatic carbocycles. The number of nitrogens with zero attached hydrogens (tertiary/aromatic N) is 1. The SMILES string of the molecule is Cc1cc(N2CC(S(N)(=O)=O)CC2=O)c(C)cc1O. The highest BCUT2D eigenvalue weighted by Crippen LogP contribution is 2.31. The predicted octanol–water partition coefficient (Wildman–Crippen LogP) is 0.403. The molecule has 0 spiro atoms. The van der Waals surface area contributed by atoms with E-state index in [0.717, 1.165) is 0 Å². The van der Waals surface area contributed by atoms with Crippen LogP contribution >= 0.6 is 0 Å². The second-order valence-electron chi connectivity index (χ2n) is 4.84. The summed E-state index contributed by atoms with van der Waals surface area (Å²) in [6, 6.07) is 3.23. The molecule has 3 N–H and O–H groups in total. The van der Waals surface area contributed by atoms with Crippen molar-refractivity contribution in [3.05, 3.63) is 23.3 Å². The Bertz CT molecular complexity index is 639. The highest BCUT2D eigenvalue weighted by atomic mass is 32.2. The summed E-state index contributed by atoms with van der Waals surface area (Å²) in [5.74, 6) is -0.122. The number of benzene rings is 1. The summed E-state index contributed by atoms with van der Waals surface area (Å²) >= 11 is 0. The molecule has 1 unspecified atom stereocenters. The molecule has 1 amide bonds. The fourth-order valence-corrected chi connectivity index (χ4v) is 2.94. The number of carbonyl (C=O) groups is 1. The van der Waals surface area contributed by atoms with Gasteiger partial charge in [0.15, 0.2) is 0 Å². The first kappa shape index (κ1) is 13.8. The van der Waals surface area contributed by atoms with Crippen LogP contribution in [-0.4, -0.2) is 31.2 Å². The van der Waals surface area contributed by atoms with Crippen LogP contribution in [0, 0.1) is 13.8 Å². The molecule has 0 saturated carbocycles. The van der Waals surface area contributed by atoms with Crippen molar-refractivity contribution in [2.45, 2.75) is 25.5 Å². The van der Waals surface area contributed by atoms with Gasteiger partial charge in [-0.2, -0.15) is 0 Å². The van der Waals surface area contributed by atoms with Crippen LogP contribution in [0.5, 0.6) is 5.75 Å². The molecule has 7 heteroatoms. The van der Waals surface area contributed by atoms with E-state index in [-0.39, 0.29) is 24.6 Å². The number of phenols is 1. The fourth-order valence-electron chi connectivity index (χ4n) is 2.20. The molecule has 1 aliphatic heterocycles. The summed E-state index contributed by atoms with van der Waals surface area (Å²) in [4.78, 5) is 13.3. The largest absolute Gasteiger partial charge is 0.508 e. The van der Waals surface area contributed by atoms with Crippen molar-refractivity contribution in [2.75, 3.05) is 11.4 Å². The number of anilines is 1. The maximum atomic E-state index is 11.9. The number of aryl methyl sites for hydroxylation is 2. The van der Waals surface area contributed by atoms with Crippen LogP contribution < -0.4 is 10.0 Å². The highest BCUT2D eigenvalue weighted by molar-refractivity contribution is 7.89. The first-order chi connectivity index (χ1) is 8.70. The molecule has 19 heavy (non-hydrogen) atoms. The molecule has 1 heterocycles. The summed E-state index contributed by atoms with van der Waals surface area (Å²) in [6.07, 6.45) is -0.0990. The molecule has 1 aromatic rings. The number of hydrogen-bond donors (Lipinski definition) is 2. The van der Waals surface area contributed by atoms with Gasteiger partial charge >= 0.3 is 0 Å². The molecule has 2 rings (SSSR count). The van der Waals surface area contributed by atoms with Gasteiger partial charge in [-0.3, -0.25) is 4.79 Å². The van der Waals surface area contributed by atoms with Crippen molar-refractivity contribution >= 4 is 21.6 Å². The van der Waals surface area contributed by atoms with E-state index in [2.05, 4.69) is 0 Å². The Hall–Kier alpha value is -1.60.